The number of primary sulfonamides is 1. The second-order valence-corrected chi connectivity index (χ2v) is 7.12. The van der Waals surface area contributed by atoms with E-state index in [9.17, 15) is 13.2 Å². The molecule has 0 bridgehead atoms. The van der Waals surface area contributed by atoms with Gasteiger partial charge in [0, 0.05) is 25.2 Å². The van der Waals surface area contributed by atoms with Gasteiger partial charge in [0.1, 0.15) is 10.7 Å². The van der Waals surface area contributed by atoms with Gasteiger partial charge in [-0.05, 0) is 25.7 Å². The minimum absolute atomic E-state index is 0.00970. The number of hydrogen-bond donors (Lipinski definition) is 2. The first-order valence-corrected chi connectivity index (χ1v) is 8.43. The van der Waals surface area contributed by atoms with Crippen molar-refractivity contribution in [2.75, 3.05) is 13.1 Å². The van der Waals surface area contributed by atoms with E-state index in [0.717, 1.165) is 12.8 Å². The van der Waals surface area contributed by atoms with Crippen LogP contribution in [0.2, 0.25) is 0 Å². The lowest BCUT2D eigenvalue weighted by Crippen LogP contribution is -2.49. The Labute approximate surface area is 124 Å². The van der Waals surface area contributed by atoms with Crippen LogP contribution >= 0.6 is 0 Å². The molecular weight excluding hydrogens is 294 g/mol. The number of likely N-dealkylation sites (tertiary alicyclic amines) is 1. The Morgan fingerprint density at radius 1 is 1.52 bits per heavy atom. The summed E-state index contributed by atoms with van der Waals surface area (Å²) in [6.07, 6.45) is 1.73. The third-order valence-electron chi connectivity index (χ3n) is 3.90. The standard InChI is InChI=1S/C13H21N3O4S/c1-8-3-4-16(10(5-8)7-14)13(17)11-6-12(9(2)20-11)21(15,18)19/h6,8,10H,3-5,7,14H2,1-2H3,(H2,15,18,19). The van der Waals surface area contributed by atoms with Crippen LogP contribution in [-0.2, 0) is 10.0 Å². The summed E-state index contributed by atoms with van der Waals surface area (Å²) in [6, 6.07) is 1.14. The number of carbonyl (C=O) groups excluding carboxylic acids is 1. The summed E-state index contributed by atoms with van der Waals surface area (Å²) in [5.41, 5.74) is 5.74. The number of nitrogens with zero attached hydrogens (tertiary/aromatic N) is 1. The lowest BCUT2D eigenvalue weighted by molar-refractivity contribution is 0.0540. The second-order valence-electron chi connectivity index (χ2n) is 5.59. The van der Waals surface area contributed by atoms with Crippen molar-refractivity contribution in [2.24, 2.45) is 16.8 Å². The Morgan fingerprint density at radius 2 is 2.19 bits per heavy atom. The lowest BCUT2D eigenvalue weighted by Gasteiger charge is -2.37. The summed E-state index contributed by atoms with van der Waals surface area (Å²) in [4.78, 5) is 14.0. The molecule has 0 aliphatic carbocycles. The van der Waals surface area contributed by atoms with Gasteiger partial charge in [0.05, 0.1) is 0 Å². The van der Waals surface area contributed by atoms with E-state index in [2.05, 4.69) is 6.92 Å². The molecule has 1 fully saturated rings. The molecule has 1 amide bonds. The molecule has 2 unspecified atom stereocenters. The molecule has 4 N–H and O–H groups in total. The van der Waals surface area contributed by atoms with E-state index in [1.54, 1.807) is 4.90 Å². The predicted molar refractivity (Wildman–Crippen MR) is 77.1 cm³/mol. The van der Waals surface area contributed by atoms with Gasteiger partial charge in [0.2, 0.25) is 10.0 Å². The highest BCUT2D eigenvalue weighted by Gasteiger charge is 2.32. The maximum absolute atomic E-state index is 12.5. The van der Waals surface area contributed by atoms with Crippen LogP contribution in [0.25, 0.3) is 0 Å². The number of piperidine rings is 1. The molecule has 0 aromatic carbocycles. The van der Waals surface area contributed by atoms with Crippen molar-refractivity contribution in [3.8, 4) is 0 Å². The highest BCUT2D eigenvalue weighted by Crippen LogP contribution is 2.26. The third kappa shape index (κ3) is 3.28. The first-order valence-electron chi connectivity index (χ1n) is 6.88. The molecule has 1 aliphatic heterocycles. The fraction of sp³-hybridized carbons (Fsp3) is 0.615. The van der Waals surface area contributed by atoms with Crippen molar-refractivity contribution < 1.29 is 17.6 Å². The summed E-state index contributed by atoms with van der Waals surface area (Å²) in [6.45, 7) is 4.56. The molecule has 1 saturated heterocycles. The van der Waals surface area contributed by atoms with Crippen LogP contribution in [0, 0.1) is 12.8 Å². The number of aryl methyl sites for hydroxylation is 1. The van der Waals surface area contributed by atoms with Crippen molar-refractivity contribution in [1.29, 1.82) is 0 Å². The molecule has 0 radical (unpaired) electrons. The molecule has 2 heterocycles. The Hall–Kier alpha value is -1.38. The van der Waals surface area contributed by atoms with Crippen LogP contribution in [0.5, 0.6) is 0 Å². The maximum Gasteiger partial charge on any atom is 0.289 e. The molecule has 2 rings (SSSR count). The van der Waals surface area contributed by atoms with Crippen LogP contribution in [-0.4, -0.2) is 38.4 Å². The molecule has 21 heavy (non-hydrogen) atoms. The minimum atomic E-state index is -3.89. The molecule has 118 valence electrons. The monoisotopic (exact) mass is 315 g/mol. The third-order valence-corrected chi connectivity index (χ3v) is 4.92. The zero-order chi connectivity index (χ0) is 15.8. The van der Waals surface area contributed by atoms with E-state index < -0.39 is 10.0 Å². The summed E-state index contributed by atoms with van der Waals surface area (Å²) in [7, 11) is -3.89. The maximum atomic E-state index is 12.5. The van der Waals surface area contributed by atoms with Crippen molar-refractivity contribution in [3.05, 3.63) is 17.6 Å². The molecule has 0 saturated carbocycles. The van der Waals surface area contributed by atoms with E-state index in [1.807, 2.05) is 0 Å². The molecule has 1 aliphatic rings. The Bertz CT molecular complexity index is 638. The van der Waals surface area contributed by atoms with Crippen LogP contribution in [0.4, 0.5) is 0 Å². The highest BCUT2D eigenvalue weighted by atomic mass is 32.2. The van der Waals surface area contributed by atoms with Gasteiger partial charge in [-0.3, -0.25) is 4.79 Å². The summed E-state index contributed by atoms with van der Waals surface area (Å²) >= 11 is 0. The average molecular weight is 315 g/mol. The van der Waals surface area contributed by atoms with Gasteiger partial charge >= 0.3 is 0 Å². The first kappa shape index (κ1) is 16.0. The van der Waals surface area contributed by atoms with E-state index >= 15 is 0 Å². The van der Waals surface area contributed by atoms with Crippen LogP contribution in [0.1, 0.15) is 36.1 Å². The molecule has 1 aromatic rings. The zero-order valence-electron chi connectivity index (χ0n) is 12.2. The van der Waals surface area contributed by atoms with Crippen molar-refractivity contribution in [2.45, 2.75) is 37.6 Å². The number of amides is 1. The SMILES string of the molecule is Cc1oc(C(=O)N2CCC(C)CC2CN)cc1S(N)(=O)=O. The van der Waals surface area contributed by atoms with Crippen molar-refractivity contribution in [3.63, 3.8) is 0 Å². The topological polar surface area (TPSA) is 120 Å². The van der Waals surface area contributed by atoms with E-state index in [4.69, 9.17) is 15.3 Å². The van der Waals surface area contributed by atoms with Gasteiger partial charge in [0.15, 0.2) is 5.76 Å². The molecular formula is C13H21N3O4S. The second kappa shape index (κ2) is 5.78. The zero-order valence-corrected chi connectivity index (χ0v) is 13.0. The summed E-state index contributed by atoms with van der Waals surface area (Å²) in [5, 5.41) is 5.09. The van der Waals surface area contributed by atoms with E-state index in [-0.39, 0.29) is 28.4 Å². The number of nitrogens with two attached hydrogens (primary N) is 2. The fourth-order valence-electron chi connectivity index (χ4n) is 2.74. The fourth-order valence-corrected chi connectivity index (χ4v) is 3.45. The largest absolute Gasteiger partial charge is 0.455 e. The Morgan fingerprint density at radius 3 is 2.71 bits per heavy atom. The quantitative estimate of drug-likeness (QED) is 0.838. The predicted octanol–water partition coefficient (Wildman–Crippen LogP) is 0.435. The van der Waals surface area contributed by atoms with Gasteiger partial charge in [-0.15, -0.1) is 0 Å². The highest BCUT2D eigenvalue weighted by molar-refractivity contribution is 7.89. The van der Waals surface area contributed by atoms with Gasteiger partial charge in [0.25, 0.3) is 5.91 Å². The Kier molecular flexibility index (Phi) is 4.40. The van der Waals surface area contributed by atoms with Gasteiger partial charge in [-0.2, -0.15) is 0 Å². The average Bonchev–Trinajstić information content (AvgIpc) is 2.80. The smallest absolute Gasteiger partial charge is 0.289 e. The molecule has 2 atom stereocenters. The normalized spacial score (nSPS) is 23.3. The van der Waals surface area contributed by atoms with Gasteiger partial charge in [-0.25, -0.2) is 13.6 Å². The minimum Gasteiger partial charge on any atom is -0.455 e. The molecule has 8 heteroatoms. The number of rotatable bonds is 3. The van der Waals surface area contributed by atoms with E-state index in [0.29, 0.717) is 19.0 Å². The van der Waals surface area contributed by atoms with Crippen molar-refractivity contribution in [1.82, 2.24) is 4.90 Å². The van der Waals surface area contributed by atoms with Crippen molar-refractivity contribution >= 4 is 15.9 Å². The van der Waals surface area contributed by atoms with Gasteiger partial charge in [-0.1, -0.05) is 6.92 Å². The van der Waals surface area contributed by atoms with Crippen LogP contribution < -0.4 is 10.9 Å². The molecule has 0 spiro atoms. The number of sulfonamides is 1. The van der Waals surface area contributed by atoms with Gasteiger partial charge < -0.3 is 15.1 Å². The Balaban J connectivity index is 2.28. The summed E-state index contributed by atoms with van der Waals surface area (Å²) in [5.74, 6) is 0.288. The van der Waals surface area contributed by atoms with Crippen LogP contribution in [0.15, 0.2) is 15.4 Å². The first-order chi connectivity index (χ1) is 9.74. The lowest BCUT2D eigenvalue weighted by atomic mass is 9.92. The summed E-state index contributed by atoms with van der Waals surface area (Å²) < 4.78 is 28.1. The van der Waals surface area contributed by atoms with E-state index in [1.165, 1.54) is 13.0 Å². The molecule has 1 aromatic heterocycles. The van der Waals surface area contributed by atoms with Crippen LogP contribution in [0.3, 0.4) is 0 Å². The number of hydrogen-bond acceptors (Lipinski definition) is 5. The number of furan rings is 1. The number of carbonyl (C=O) groups is 1. The molecule has 7 nitrogen and oxygen atoms in total.